The fourth-order valence-electron chi connectivity index (χ4n) is 2.11. The zero-order valence-electron chi connectivity index (χ0n) is 13.7. The number of nitrogens with one attached hydrogen (secondary N) is 1. The van der Waals surface area contributed by atoms with Crippen LogP contribution in [-0.2, 0) is 14.8 Å². The number of hydrogen-bond donors (Lipinski definition) is 1. The molecule has 1 N–H and O–H groups in total. The van der Waals surface area contributed by atoms with Crippen molar-refractivity contribution in [1.82, 2.24) is 0 Å². The number of benzene rings is 2. The van der Waals surface area contributed by atoms with Gasteiger partial charge < -0.3 is 9.47 Å². The maximum Gasteiger partial charge on any atom is 0.337 e. The van der Waals surface area contributed by atoms with Crippen molar-refractivity contribution < 1.29 is 22.7 Å². The smallest absolute Gasteiger partial charge is 0.337 e. The summed E-state index contributed by atoms with van der Waals surface area (Å²) < 4.78 is 37.4. The molecule has 0 aliphatic carbocycles. The summed E-state index contributed by atoms with van der Waals surface area (Å²) in [7, 11) is -2.44. The zero-order chi connectivity index (χ0) is 17.7. The van der Waals surface area contributed by atoms with Crippen molar-refractivity contribution in [1.29, 1.82) is 0 Å². The van der Waals surface area contributed by atoms with Gasteiger partial charge in [0, 0.05) is 5.69 Å². The van der Waals surface area contributed by atoms with E-state index in [2.05, 4.69) is 9.46 Å². The van der Waals surface area contributed by atoms with Crippen molar-refractivity contribution in [2.75, 3.05) is 18.4 Å². The third-order valence-corrected chi connectivity index (χ3v) is 4.69. The van der Waals surface area contributed by atoms with Crippen LogP contribution in [0.2, 0.25) is 0 Å². The third kappa shape index (κ3) is 4.05. The lowest BCUT2D eigenvalue weighted by Crippen LogP contribution is -2.13. The van der Waals surface area contributed by atoms with Crippen molar-refractivity contribution in [3.05, 3.63) is 53.6 Å². The summed E-state index contributed by atoms with van der Waals surface area (Å²) >= 11 is 0. The topological polar surface area (TPSA) is 81.7 Å². The zero-order valence-corrected chi connectivity index (χ0v) is 14.5. The van der Waals surface area contributed by atoms with Gasteiger partial charge in [0.25, 0.3) is 10.0 Å². The molecule has 0 amide bonds. The van der Waals surface area contributed by atoms with E-state index in [9.17, 15) is 13.2 Å². The van der Waals surface area contributed by atoms with Crippen LogP contribution in [-0.4, -0.2) is 28.1 Å². The fraction of sp³-hybridized carbons (Fsp3) is 0.235. The molecule has 2 rings (SSSR count). The van der Waals surface area contributed by atoms with Crippen molar-refractivity contribution >= 4 is 21.7 Å². The molecule has 0 saturated heterocycles. The van der Waals surface area contributed by atoms with E-state index in [1.165, 1.54) is 37.4 Å². The number of sulfonamides is 1. The Kier molecular flexibility index (Phi) is 5.46. The first-order chi connectivity index (χ1) is 11.4. The molecule has 0 fully saturated rings. The van der Waals surface area contributed by atoms with Gasteiger partial charge in [-0.2, -0.15) is 0 Å². The Morgan fingerprint density at radius 1 is 1.12 bits per heavy atom. The number of carbonyl (C=O) groups excluding carboxylic acids is 1. The van der Waals surface area contributed by atoms with E-state index >= 15 is 0 Å². The number of aryl methyl sites for hydroxylation is 1. The molecule has 0 spiro atoms. The second kappa shape index (κ2) is 7.35. The minimum absolute atomic E-state index is 0.139. The molecule has 0 radical (unpaired) electrons. The van der Waals surface area contributed by atoms with Gasteiger partial charge >= 0.3 is 5.97 Å². The lowest BCUT2D eigenvalue weighted by molar-refractivity contribution is 0.0601. The molecule has 0 bridgehead atoms. The number of esters is 1. The molecule has 0 heterocycles. The highest BCUT2D eigenvalue weighted by Gasteiger charge is 2.16. The van der Waals surface area contributed by atoms with E-state index in [0.717, 1.165) is 5.56 Å². The Morgan fingerprint density at radius 3 is 2.33 bits per heavy atom. The number of anilines is 1. The van der Waals surface area contributed by atoms with Crippen LogP contribution < -0.4 is 9.46 Å². The lowest BCUT2D eigenvalue weighted by Gasteiger charge is -2.11. The highest BCUT2D eigenvalue weighted by molar-refractivity contribution is 7.92. The average Bonchev–Trinajstić information content (AvgIpc) is 2.56. The van der Waals surface area contributed by atoms with Crippen molar-refractivity contribution in [2.24, 2.45) is 0 Å². The molecule has 128 valence electrons. The van der Waals surface area contributed by atoms with E-state index < -0.39 is 16.0 Å². The van der Waals surface area contributed by atoms with Gasteiger partial charge in [0.05, 0.1) is 24.2 Å². The summed E-state index contributed by atoms with van der Waals surface area (Å²) in [6.07, 6.45) is 0. The molecule has 0 atom stereocenters. The monoisotopic (exact) mass is 349 g/mol. The van der Waals surface area contributed by atoms with E-state index in [1.54, 1.807) is 19.1 Å². The van der Waals surface area contributed by atoms with Crippen LogP contribution in [0.25, 0.3) is 0 Å². The Balaban J connectivity index is 2.22. The van der Waals surface area contributed by atoms with Crippen LogP contribution in [0.1, 0.15) is 22.8 Å². The van der Waals surface area contributed by atoms with Gasteiger partial charge in [0.15, 0.2) is 0 Å². The number of rotatable bonds is 6. The quantitative estimate of drug-likeness (QED) is 0.811. The number of methoxy groups -OCH3 is 1. The van der Waals surface area contributed by atoms with Crippen LogP contribution in [0.4, 0.5) is 5.69 Å². The molecular weight excluding hydrogens is 330 g/mol. The SMILES string of the molecule is CCOc1ccc(S(=O)(=O)Nc2ccc(C(=O)OC)cc2)cc1C. The highest BCUT2D eigenvalue weighted by Crippen LogP contribution is 2.23. The van der Waals surface area contributed by atoms with Crippen LogP contribution >= 0.6 is 0 Å². The Labute approximate surface area is 141 Å². The number of hydrogen-bond acceptors (Lipinski definition) is 5. The molecule has 0 aliphatic rings. The van der Waals surface area contributed by atoms with Gasteiger partial charge in [0.1, 0.15) is 5.75 Å². The van der Waals surface area contributed by atoms with E-state index in [0.29, 0.717) is 23.6 Å². The molecule has 0 aromatic heterocycles. The summed E-state index contributed by atoms with van der Waals surface area (Å²) in [6.45, 7) is 4.16. The minimum Gasteiger partial charge on any atom is -0.494 e. The van der Waals surface area contributed by atoms with Crippen LogP contribution in [0.3, 0.4) is 0 Å². The van der Waals surface area contributed by atoms with Gasteiger partial charge in [-0.1, -0.05) is 0 Å². The molecule has 2 aromatic rings. The maximum atomic E-state index is 12.5. The predicted octanol–water partition coefficient (Wildman–Crippen LogP) is 2.98. The molecule has 6 nitrogen and oxygen atoms in total. The first kappa shape index (κ1) is 17.8. The van der Waals surface area contributed by atoms with E-state index in [4.69, 9.17) is 4.74 Å². The largest absolute Gasteiger partial charge is 0.494 e. The highest BCUT2D eigenvalue weighted by atomic mass is 32.2. The Morgan fingerprint density at radius 2 is 1.79 bits per heavy atom. The molecule has 0 unspecified atom stereocenters. The molecule has 0 saturated carbocycles. The summed E-state index contributed by atoms with van der Waals surface area (Å²) in [4.78, 5) is 11.5. The lowest BCUT2D eigenvalue weighted by atomic mass is 10.2. The van der Waals surface area contributed by atoms with Gasteiger partial charge in [0.2, 0.25) is 0 Å². The minimum atomic E-state index is -3.73. The van der Waals surface area contributed by atoms with E-state index in [1.807, 2.05) is 6.92 Å². The molecular formula is C17H19NO5S. The Hall–Kier alpha value is -2.54. The molecule has 2 aromatic carbocycles. The predicted molar refractivity (Wildman–Crippen MR) is 90.9 cm³/mol. The third-order valence-electron chi connectivity index (χ3n) is 3.31. The van der Waals surface area contributed by atoms with Gasteiger partial charge in [-0.05, 0) is 61.9 Å². The average molecular weight is 349 g/mol. The second-order valence-electron chi connectivity index (χ2n) is 5.03. The van der Waals surface area contributed by atoms with Crippen molar-refractivity contribution in [2.45, 2.75) is 18.7 Å². The molecule has 7 heteroatoms. The van der Waals surface area contributed by atoms with E-state index in [-0.39, 0.29) is 4.90 Å². The first-order valence-corrected chi connectivity index (χ1v) is 8.80. The normalized spacial score (nSPS) is 11.0. The first-order valence-electron chi connectivity index (χ1n) is 7.32. The number of ether oxygens (including phenoxy) is 2. The van der Waals surface area contributed by atoms with Crippen molar-refractivity contribution in [3.63, 3.8) is 0 Å². The van der Waals surface area contributed by atoms with Crippen LogP contribution in [0.5, 0.6) is 5.75 Å². The van der Waals surface area contributed by atoms with Gasteiger partial charge in [-0.3, -0.25) is 4.72 Å². The van der Waals surface area contributed by atoms with Crippen LogP contribution in [0.15, 0.2) is 47.4 Å². The second-order valence-corrected chi connectivity index (χ2v) is 6.72. The molecule has 0 aliphatic heterocycles. The van der Waals surface area contributed by atoms with Gasteiger partial charge in [-0.15, -0.1) is 0 Å². The summed E-state index contributed by atoms with van der Waals surface area (Å²) in [5, 5.41) is 0. The standard InChI is InChI=1S/C17H19NO5S/c1-4-23-16-10-9-15(11-12(16)2)24(20,21)18-14-7-5-13(6-8-14)17(19)22-3/h5-11,18H,4H2,1-3H3. The summed E-state index contributed by atoms with van der Waals surface area (Å²) in [5.74, 6) is 0.172. The van der Waals surface area contributed by atoms with Crippen molar-refractivity contribution in [3.8, 4) is 5.75 Å². The molecule has 24 heavy (non-hydrogen) atoms. The fourth-order valence-corrected chi connectivity index (χ4v) is 3.26. The number of carbonyl (C=O) groups is 1. The summed E-state index contributed by atoms with van der Waals surface area (Å²) in [5.41, 5.74) is 1.44. The maximum absolute atomic E-state index is 12.5. The summed E-state index contributed by atoms with van der Waals surface area (Å²) in [6, 6.07) is 10.7. The van der Waals surface area contributed by atoms with Gasteiger partial charge in [-0.25, -0.2) is 13.2 Å². The Bertz CT molecular complexity index is 829. The van der Waals surface area contributed by atoms with Crippen LogP contribution in [0, 0.1) is 6.92 Å².